The summed E-state index contributed by atoms with van der Waals surface area (Å²) in [6.45, 7) is 5.79. The van der Waals surface area contributed by atoms with Gasteiger partial charge >= 0.3 is 5.97 Å². The van der Waals surface area contributed by atoms with Crippen LogP contribution in [0.25, 0.3) is 0 Å². The van der Waals surface area contributed by atoms with Crippen LogP contribution in [0.5, 0.6) is 0 Å². The molecule has 3 nitrogen and oxygen atoms in total. The Morgan fingerprint density at radius 3 is 3.17 bits per heavy atom. The minimum atomic E-state index is -0.228. The fraction of sp³-hybridized carbons (Fsp3) is 0.667. The van der Waals surface area contributed by atoms with Crippen LogP contribution in [0.2, 0.25) is 0 Å². The quantitative estimate of drug-likeness (QED) is 0.431. The third-order valence-corrected chi connectivity index (χ3v) is 2.35. The summed E-state index contributed by atoms with van der Waals surface area (Å²) in [4.78, 5) is 10.7. The Kier molecular flexibility index (Phi) is 1.68. The van der Waals surface area contributed by atoms with Gasteiger partial charge < -0.3 is 9.47 Å². The number of carbonyl (C=O) groups is 1. The van der Waals surface area contributed by atoms with Crippen LogP contribution in [0, 0.1) is 5.92 Å². The SMILES string of the molecule is C=C1COC2CC2C1OC(C)=O. The zero-order valence-electron chi connectivity index (χ0n) is 7.08. The van der Waals surface area contributed by atoms with E-state index in [9.17, 15) is 4.79 Å². The van der Waals surface area contributed by atoms with Crippen molar-refractivity contribution >= 4 is 5.97 Å². The van der Waals surface area contributed by atoms with Gasteiger partial charge in [-0.05, 0) is 12.0 Å². The lowest BCUT2D eigenvalue weighted by atomic mass is 10.1. The van der Waals surface area contributed by atoms with Crippen molar-refractivity contribution in [2.75, 3.05) is 6.61 Å². The van der Waals surface area contributed by atoms with Gasteiger partial charge in [0.15, 0.2) is 0 Å². The highest BCUT2D eigenvalue weighted by Crippen LogP contribution is 2.44. The number of carbonyl (C=O) groups excluding carboxylic acids is 1. The third-order valence-electron chi connectivity index (χ3n) is 2.35. The summed E-state index contributed by atoms with van der Waals surface area (Å²) >= 11 is 0. The van der Waals surface area contributed by atoms with Crippen molar-refractivity contribution in [3.63, 3.8) is 0 Å². The van der Waals surface area contributed by atoms with Crippen molar-refractivity contribution in [3.8, 4) is 0 Å². The maximum absolute atomic E-state index is 10.7. The molecule has 1 aliphatic heterocycles. The topological polar surface area (TPSA) is 35.5 Å². The number of rotatable bonds is 1. The predicted molar refractivity (Wildman–Crippen MR) is 42.5 cm³/mol. The number of hydrogen-bond acceptors (Lipinski definition) is 3. The molecule has 1 heterocycles. The summed E-state index contributed by atoms with van der Waals surface area (Å²) in [5.74, 6) is 0.156. The Morgan fingerprint density at radius 2 is 2.50 bits per heavy atom. The Balaban J connectivity index is 2.01. The second-order valence-electron chi connectivity index (χ2n) is 3.44. The molecule has 0 radical (unpaired) electrons. The molecule has 0 aromatic rings. The molecular weight excluding hydrogens is 156 g/mol. The molecule has 0 bridgehead atoms. The average molecular weight is 168 g/mol. The van der Waals surface area contributed by atoms with Gasteiger partial charge in [0.05, 0.1) is 12.7 Å². The van der Waals surface area contributed by atoms with E-state index in [0.29, 0.717) is 18.6 Å². The lowest BCUT2D eigenvalue weighted by Gasteiger charge is -2.23. The molecule has 2 aliphatic rings. The van der Waals surface area contributed by atoms with Crippen LogP contribution in [0.4, 0.5) is 0 Å². The van der Waals surface area contributed by atoms with Crippen LogP contribution in [0.1, 0.15) is 13.3 Å². The Labute approximate surface area is 71.3 Å². The predicted octanol–water partition coefficient (Wildman–Crippen LogP) is 0.893. The summed E-state index contributed by atoms with van der Waals surface area (Å²) in [5, 5.41) is 0. The van der Waals surface area contributed by atoms with Crippen LogP contribution in [-0.2, 0) is 14.3 Å². The van der Waals surface area contributed by atoms with Gasteiger partial charge in [0.1, 0.15) is 6.10 Å². The summed E-state index contributed by atoms with van der Waals surface area (Å²) < 4.78 is 10.5. The van der Waals surface area contributed by atoms with E-state index in [0.717, 1.165) is 12.0 Å². The van der Waals surface area contributed by atoms with Crippen molar-refractivity contribution < 1.29 is 14.3 Å². The summed E-state index contributed by atoms with van der Waals surface area (Å²) in [5.41, 5.74) is 0.893. The molecule has 0 N–H and O–H groups in total. The molecular formula is C9H12O3. The van der Waals surface area contributed by atoms with Crippen LogP contribution >= 0.6 is 0 Å². The molecule has 66 valence electrons. The standard InChI is InChI=1S/C9H12O3/c1-5-4-11-8-3-7(8)9(5)12-6(2)10/h7-9H,1,3-4H2,2H3. The van der Waals surface area contributed by atoms with E-state index in [-0.39, 0.29) is 12.1 Å². The molecule has 0 aromatic heterocycles. The van der Waals surface area contributed by atoms with Gasteiger partial charge in [-0.25, -0.2) is 0 Å². The molecule has 2 fully saturated rings. The molecule has 1 saturated carbocycles. The van der Waals surface area contributed by atoms with E-state index in [4.69, 9.17) is 9.47 Å². The first-order chi connectivity index (χ1) is 5.68. The lowest BCUT2D eigenvalue weighted by Crippen LogP contribution is -2.29. The van der Waals surface area contributed by atoms with Gasteiger partial charge in [-0.1, -0.05) is 6.58 Å². The van der Waals surface area contributed by atoms with Gasteiger partial charge in [-0.3, -0.25) is 4.79 Å². The molecule has 12 heavy (non-hydrogen) atoms. The molecule has 3 heteroatoms. The monoisotopic (exact) mass is 168 g/mol. The highest BCUT2D eigenvalue weighted by Gasteiger charge is 2.50. The number of fused-ring (bicyclic) bond motifs is 1. The molecule has 0 amide bonds. The Hall–Kier alpha value is -0.830. The van der Waals surface area contributed by atoms with E-state index in [1.807, 2.05) is 0 Å². The second-order valence-corrected chi connectivity index (χ2v) is 3.44. The minimum Gasteiger partial charge on any atom is -0.458 e. The average Bonchev–Trinajstić information content (AvgIpc) is 2.73. The van der Waals surface area contributed by atoms with E-state index < -0.39 is 0 Å². The van der Waals surface area contributed by atoms with Gasteiger partial charge in [0, 0.05) is 12.8 Å². The second kappa shape index (κ2) is 2.59. The molecule has 3 unspecified atom stereocenters. The van der Waals surface area contributed by atoms with Gasteiger partial charge in [0.2, 0.25) is 0 Å². The molecule has 0 spiro atoms. The summed E-state index contributed by atoms with van der Waals surface area (Å²) in [6, 6.07) is 0. The lowest BCUT2D eigenvalue weighted by molar-refractivity contribution is -0.147. The van der Waals surface area contributed by atoms with Gasteiger partial charge in [-0.2, -0.15) is 0 Å². The molecule has 2 rings (SSSR count). The van der Waals surface area contributed by atoms with Crippen LogP contribution in [0.3, 0.4) is 0 Å². The van der Waals surface area contributed by atoms with E-state index >= 15 is 0 Å². The zero-order valence-corrected chi connectivity index (χ0v) is 7.08. The summed E-state index contributed by atoms with van der Waals surface area (Å²) in [7, 11) is 0. The van der Waals surface area contributed by atoms with Crippen LogP contribution < -0.4 is 0 Å². The first-order valence-electron chi connectivity index (χ1n) is 4.15. The largest absolute Gasteiger partial charge is 0.458 e. The van der Waals surface area contributed by atoms with Gasteiger partial charge in [0.25, 0.3) is 0 Å². The first kappa shape index (κ1) is 7.80. The molecule has 1 aliphatic carbocycles. The maximum atomic E-state index is 10.7. The molecule has 1 saturated heterocycles. The smallest absolute Gasteiger partial charge is 0.303 e. The van der Waals surface area contributed by atoms with Crippen molar-refractivity contribution in [1.29, 1.82) is 0 Å². The Bertz CT molecular complexity index is 234. The van der Waals surface area contributed by atoms with Crippen molar-refractivity contribution in [2.45, 2.75) is 25.6 Å². The highest BCUT2D eigenvalue weighted by molar-refractivity contribution is 5.66. The fourth-order valence-electron chi connectivity index (χ4n) is 1.65. The van der Waals surface area contributed by atoms with E-state index in [1.165, 1.54) is 6.92 Å². The van der Waals surface area contributed by atoms with Crippen molar-refractivity contribution in [3.05, 3.63) is 12.2 Å². The number of hydrogen-bond donors (Lipinski definition) is 0. The van der Waals surface area contributed by atoms with Crippen molar-refractivity contribution in [1.82, 2.24) is 0 Å². The zero-order chi connectivity index (χ0) is 8.72. The van der Waals surface area contributed by atoms with Crippen LogP contribution in [-0.4, -0.2) is 24.8 Å². The van der Waals surface area contributed by atoms with E-state index in [2.05, 4.69) is 6.58 Å². The normalized spacial score (nSPS) is 38.8. The highest BCUT2D eigenvalue weighted by atomic mass is 16.6. The summed E-state index contributed by atoms with van der Waals surface area (Å²) in [6.07, 6.45) is 1.25. The third kappa shape index (κ3) is 1.25. The number of esters is 1. The van der Waals surface area contributed by atoms with E-state index in [1.54, 1.807) is 0 Å². The molecule has 0 aromatic carbocycles. The molecule has 3 atom stereocenters. The van der Waals surface area contributed by atoms with Crippen molar-refractivity contribution in [2.24, 2.45) is 5.92 Å². The minimum absolute atomic E-state index is 0.0822. The Morgan fingerprint density at radius 1 is 1.75 bits per heavy atom. The maximum Gasteiger partial charge on any atom is 0.303 e. The van der Waals surface area contributed by atoms with Gasteiger partial charge in [-0.15, -0.1) is 0 Å². The number of ether oxygens (including phenoxy) is 2. The van der Waals surface area contributed by atoms with Crippen LogP contribution in [0.15, 0.2) is 12.2 Å². The fourth-order valence-corrected chi connectivity index (χ4v) is 1.65. The first-order valence-corrected chi connectivity index (χ1v) is 4.15.